The number of benzene rings is 2. The molecule has 1 atom stereocenters. The summed E-state index contributed by atoms with van der Waals surface area (Å²) in [5.41, 5.74) is 6.74. The fraction of sp³-hybridized carbons (Fsp3) is 0.200. The van der Waals surface area contributed by atoms with Crippen LogP contribution in [0.1, 0.15) is 22.8 Å². The van der Waals surface area contributed by atoms with E-state index >= 15 is 0 Å². The van der Waals surface area contributed by atoms with Gasteiger partial charge in [-0.05, 0) is 35.4 Å². The van der Waals surface area contributed by atoms with Gasteiger partial charge in [0.25, 0.3) is 0 Å². The Morgan fingerprint density at radius 3 is 2.25 bits per heavy atom. The number of aliphatic hydroxyl groups excluding tert-OH is 1. The predicted molar refractivity (Wildman–Crippen MR) is 71.0 cm³/mol. The van der Waals surface area contributed by atoms with Gasteiger partial charge in [-0.25, -0.2) is 0 Å². The smallest absolute Gasteiger partial charge is 0.399 e. The summed E-state index contributed by atoms with van der Waals surface area (Å²) >= 11 is 0. The van der Waals surface area contributed by atoms with Crippen LogP contribution in [0, 0.1) is 0 Å². The first-order valence-corrected chi connectivity index (χ1v) is 6.06. The number of nitrogens with two attached hydrogens (primary N) is 1. The highest BCUT2D eigenvalue weighted by Crippen LogP contribution is 2.29. The largest absolute Gasteiger partial charge is 0.416 e. The van der Waals surface area contributed by atoms with E-state index in [1.54, 1.807) is 24.3 Å². The zero-order valence-electron chi connectivity index (χ0n) is 10.6. The Morgan fingerprint density at radius 1 is 1.05 bits per heavy atom. The molecule has 2 aromatic carbocycles. The predicted octanol–water partition coefficient (Wildman–Crippen LogP) is 3.56. The van der Waals surface area contributed by atoms with Gasteiger partial charge < -0.3 is 10.8 Å². The summed E-state index contributed by atoms with van der Waals surface area (Å²) in [6.07, 6.45) is -4.90. The van der Waals surface area contributed by atoms with Crippen LogP contribution < -0.4 is 5.73 Å². The molecule has 0 saturated heterocycles. The van der Waals surface area contributed by atoms with Gasteiger partial charge in [0.2, 0.25) is 0 Å². The molecule has 0 bridgehead atoms. The van der Waals surface area contributed by atoms with Crippen LogP contribution in [0.3, 0.4) is 0 Å². The van der Waals surface area contributed by atoms with Crippen LogP contribution in [0.15, 0.2) is 48.5 Å². The maximum Gasteiger partial charge on any atom is 0.416 e. The molecule has 0 fully saturated rings. The normalized spacial score (nSPS) is 13.2. The molecule has 0 aromatic heterocycles. The fourth-order valence-corrected chi connectivity index (χ4v) is 1.94. The van der Waals surface area contributed by atoms with Crippen molar-refractivity contribution in [2.24, 2.45) is 0 Å². The first-order valence-electron chi connectivity index (χ1n) is 6.06. The Labute approximate surface area is 114 Å². The molecular weight excluding hydrogens is 267 g/mol. The summed E-state index contributed by atoms with van der Waals surface area (Å²) in [5.74, 6) is 0. The third-order valence-electron chi connectivity index (χ3n) is 3.01. The molecule has 0 radical (unpaired) electrons. The first kappa shape index (κ1) is 14.4. The van der Waals surface area contributed by atoms with Crippen molar-refractivity contribution in [3.8, 4) is 0 Å². The van der Waals surface area contributed by atoms with E-state index in [1.807, 2.05) is 0 Å². The van der Waals surface area contributed by atoms with Crippen LogP contribution in [0.2, 0.25) is 0 Å². The molecular formula is C15H14F3NO. The minimum atomic E-state index is -4.34. The van der Waals surface area contributed by atoms with E-state index in [4.69, 9.17) is 5.73 Å². The minimum Gasteiger partial charge on any atom is -0.399 e. The molecule has 0 spiro atoms. The van der Waals surface area contributed by atoms with E-state index in [0.29, 0.717) is 16.8 Å². The lowest BCUT2D eigenvalue weighted by Crippen LogP contribution is -2.06. The number of aliphatic hydroxyl groups is 1. The molecule has 0 aliphatic rings. The van der Waals surface area contributed by atoms with Crippen LogP contribution in [0.5, 0.6) is 0 Å². The monoisotopic (exact) mass is 281 g/mol. The summed E-state index contributed by atoms with van der Waals surface area (Å²) in [6, 6.07) is 11.6. The van der Waals surface area contributed by atoms with Gasteiger partial charge in [0.15, 0.2) is 0 Å². The van der Waals surface area contributed by atoms with Gasteiger partial charge in [-0.2, -0.15) is 13.2 Å². The van der Waals surface area contributed by atoms with Crippen molar-refractivity contribution in [3.63, 3.8) is 0 Å². The second kappa shape index (κ2) is 5.54. The van der Waals surface area contributed by atoms with Crippen molar-refractivity contribution in [1.29, 1.82) is 0 Å². The molecule has 5 heteroatoms. The molecule has 0 amide bonds. The Bertz CT molecular complexity index is 578. The molecule has 0 heterocycles. The van der Waals surface area contributed by atoms with Crippen molar-refractivity contribution in [2.75, 3.05) is 5.73 Å². The highest BCUT2D eigenvalue weighted by Gasteiger charge is 2.29. The Balaban J connectivity index is 2.10. The van der Waals surface area contributed by atoms with Gasteiger partial charge in [-0.15, -0.1) is 0 Å². The lowest BCUT2D eigenvalue weighted by molar-refractivity contribution is -0.137. The molecule has 0 aliphatic heterocycles. The quantitative estimate of drug-likeness (QED) is 0.845. The third-order valence-corrected chi connectivity index (χ3v) is 3.01. The number of rotatable bonds is 3. The fourth-order valence-electron chi connectivity index (χ4n) is 1.94. The molecule has 2 aromatic rings. The average Bonchev–Trinajstić information content (AvgIpc) is 2.38. The number of halogens is 3. The summed E-state index contributed by atoms with van der Waals surface area (Å²) < 4.78 is 37.3. The van der Waals surface area contributed by atoms with Crippen molar-refractivity contribution >= 4 is 5.69 Å². The van der Waals surface area contributed by atoms with Crippen molar-refractivity contribution < 1.29 is 18.3 Å². The van der Waals surface area contributed by atoms with Crippen LogP contribution in [-0.2, 0) is 12.6 Å². The van der Waals surface area contributed by atoms with Crippen LogP contribution in [-0.4, -0.2) is 5.11 Å². The average molecular weight is 281 g/mol. The second-order valence-corrected chi connectivity index (χ2v) is 4.58. The number of hydrogen-bond donors (Lipinski definition) is 2. The SMILES string of the molecule is Nc1cccc(C(O)Cc2ccc(C(F)(F)F)cc2)c1. The van der Waals surface area contributed by atoms with Crippen molar-refractivity contribution in [2.45, 2.75) is 18.7 Å². The summed E-state index contributed by atoms with van der Waals surface area (Å²) in [5, 5.41) is 10.0. The molecule has 106 valence electrons. The van der Waals surface area contributed by atoms with E-state index in [9.17, 15) is 18.3 Å². The number of hydrogen-bond acceptors (Lipinski definition) is 2. The second-order valence-electron chi connectivity index (χ2n) is 4.58. The van der Waals surface area contributed by atoms with E-state index in [-0.39, 0.29) is 6.42 Å². The van der Waals surface area contributed by atoms with Gasteiger partial charge >= 0.3 is 6.18 Å². The molecule has 0 saturated carbocycles. The zero-order valence-corrected chi connectivity index (χ0v) is 10.6. The van der Waals surface area contributed by atoms with Crippen molar-refractivity contribution in [3.05, 3.63) is 65.2 Å². The molecule has 1 unspecified atom stereocenters. The van der Waals surface area contributed by atoms with Gasteiger partial charge in [0.1, 0.15) is 0 Å². The van der Waals surface area contributed by atoms with Gasteiger partial charge in [-0.3, -0.25) is 0 Å². The molecule has 3 N–H and O–H groups in total. The van der Waals surface area contributed by atoms with Gasteiger partial charge in [0, 0.05) is 12.1 Å². The summed E-state index contributed by atoms with van der Waals surface area (Å²) in [7, 11) is 0. The van der Waals surface area contributed by atoms with Gasteiger partial charge in [0.05, 0.1) is 11.7 Å². The number of alkyl halides is 3. The lowest BCUT2D eigenvalue weighted by Gasteiger charge is -2.12. The Hall–Kier alpha value is -2.01. The zero-order chi connectivity index (χ0) is 14.8. The Kier molecular flexibility index (Phi) is 3.99. The maximum absolute atomic E-state index is 12.4. The Morgan fingerprint density at radius 2 is 1.70 bits per heavy atom. The third kappa shape index (κ3) is 3.51. The van der Waals surface area contributed by atoms with Crippen molar-refractivity contribution in [1.82, 2.24) is 0 Å². The lowest BCUT2D eigenvalue weighted by atomic mass is 10.00. The first-order chi connectivity index (χ1) is 9.36. The number of nitrogen functional groups attached to an aromatic ring is 1. The van der Waals surface area contributed by atoms with E-state index < -0.39 is 17.8 Å². The molecule has 2 nitrogen and oxygen atoms in total. The topological polar surface area (TPSA) is 46.2 Å². The summed E-state index contributed by atoms with van der Waals surface area (Å²) in [6.45, 7) is 0. The van der Waals surface area contributed by atoms with Crippen LogP contribution in [0.4, 0.5) is 18.9 Å². The van der Waals surface area contributed by atoms with Crippen LogP contribution in [0.25, 0.3) is 0 Å². The molecule has 0 aliphatic carbocycles. The standard InChI is InChI=1S/C15H14F3NO/c16-15(17,18)12-6-4-10(5-7-12)8-14(20)11-2-1-3-13(19)9-11/h1-7,9,14,20H,8,19H2. The van der Waals surface area contributed by atoms with E-state index in [1.165, 1.54) is 12.1 Å². The minimum absolute atomic E-state index is 0.238. The maximum atomic E-state index is 12.4. The molecule has 2 rings (SSSR count). The highest BCUT2D eigenvalue weighted by atomic mass is 19.4. The van der Waals surface area contributed by atoms with E-state index in [0.717, 1.165) is 12.1 Å². The summed E-state index contributed by atoms with van der Waals surface area (Å²) in [4.78, 5) is 0. The number of anilines is 1. The highest BCUT2D eigenvalue weighted by molar-refractivity contribution is 5.41. The van der Waals surface area contributed by atoms with Gasteiger partial charge in [-0.1, -0.05) is 24.3 Å². The van der Waals surface area contributed by atoms with E-state index in [2.05, 4.69) is 0 Å². The molecule has 20 heavy (non-hydrogen) atoms. The van der Waals surface area contributed by atoms with Crippen LogP contribution >= 0.6 is 0 Å².